The van der Waals surface area contributed by atoms with E-state index in [4.69, 9.17) is 33.4 Å². The number of hydrogen-bond donors (Lipinski definition) is 3. The van der Waals surface area contributed by atoms with E-state index < -0.39 is 64.5 Å². The van der Waals surface area contributed by atoms with Crippen molar-refractivity contribution in [1.29, 1.82) is 0 Å². The predicted octanol–water partition coefficient (Wildman–Crippen LogP) is 3.83. The third-order valence-electron chi connectivity index (χ3n) is 7.95. The zero-order valence-corrected chi connectivity index (χ0v) is 31.2. The van der Waals surface area contributed by atoms with Gasteiger partial charge in [-0.3, -0.25) is 23.9 Å². The smallest absolute Gasteiger partial charge is 0.303 e. The topological polar surface area (TPSA) is 207 Å². The molecule has 4 aromatic rings. The SMILES string of the molecule is COc1cc(NS(C)(=O)=O)ccc1Nc1c2ccccc2nc2c(C(=O)N[C@H]3[C@@H](OC)O[C@H](COC(C)=O)[C@@H](OC(C)=O)[C@@H]3OC(C)=O)cccc12.Cl. The van der Waals surface area contributed by atoms with Crippen molar-refractivity contribution in [3.8, 4) is 5.75 Å². The summed E-state index contributed by atoms with van der Waals surface area (Å²) < 4.78 is 59.4. The molecule has 1 aliphatic heterocycles. The Morgan fingerprint density at radius 2 is 1.55 bits per heavy atom. The Balaban J connectivity index is 0.00000627. The van der Waals surface area contributed by atoms with Crippen molar-refractivity contribution in [3.63, 3.8) is 0 Å². The second kappa shape index (κ2) is 17.1. The highest BCUT2D eigenvalue weighted by molar-refractivity contribution is 7.92. The van der Waals surface area contributed by atoms with E-state index >= 15 is 0 Å². The van der Waals surface area contributed by atoms with Gasteiger partial charge in [0.25, 0.3) is 5.91 Å². The number of methoxy groups -OCH3 is 2. The first-order valence-corrected chi connectivity index (χ1v) is 17.8. The number of pyridine rings is 1. The van der Waals surface area contributed by atoms with Crippen LogP contribution in [0.15, 0.2) is 60.7 Å². The summed E-state index contributed by atoms with van der Waals surface area (Å²) >= 11 is 0. The van der Waals surface area contributed by atoms with E-state index in [1.165, 1.54) is 27.2 Å². The summed E-state index contributed by atoms with van der Waals surface area (Å²) in [5.41, 5.74) is 2.36. The number of carbonyl (C=O) groups excluding carboxylic acids is 4. The van der Waals surface area contributed by atoms with Gasteiger partial charge in [0.05, 0.1) is 47.0 Å². The Morgan fingerprint density at radius 3 is 2.19 bits per heavy atom. The molecule has 16 nitrogen and oxygen atoms in total. The van der Waals surface area contributed by atoms with Crippen LogP contribution in [0.3, 0.4) is 0 Å². The Kier molecular flexibility index (Phi) is 13.1. The lowest BCUT2D eigenvalue weighted by Crippen LogP contribution is -2.66. The molecule has 2 heterocycles. The molecule has 18 heteroatoms. The minimum absolute atomic E-state index is 0. The van der Waals surface area contributed by atoms with Gasteiger partial charge < -0.3 is 39.1 Å². The van der Waals surface area contributed by atoms with Crippen molar-refractivity contribution in [1.82, 2.24) is 10.3 Å². The zero-order chi connectivity index (χ0) is 37.7. The Morgan fingerprint density at radius 1 is 0.868 bits per heavy atom. The molecule has 1 aromatic heterocycles. The highest BCUT2D eigenvalue weighted by Gasteiger charge is 2.51. The molecule has 0 radical (unpaired) electrons. The van der Waals surface area contributed by atoms with Gasteiger partial charge in [0.2, 0.25) is 10.0 Å². The number of halogens is 1. The summed E-state index contributed by atoms with van der Waals surface area (Å²) in [4.78, 5) is 55.1. The number of rotatable bonds is 12. The van der Waals surface area contributed by atoms with Crippen LogP contribution in [-0.4, -0.2) is 94.9 Å². The highest BCUT2D eigenvalue weighted by atomic mass is 35.5. The van der Waals surface area contributed by atoms with Gasteiger partial charge in [-0.15, -0.1) is 12.4 Å². The fourth-order valence-electron chi connectivity index (χ4n) is 5.93. The van der Waals surface area contributed by atoms with Gasteiger partial charge in [-0.1, -0.05) is 30.3 Å². The Bertz CT molecular complexity index is 2130. The average molecular weight is 775 g/mol. The number of fused-ring (bicyclic) bond motifs is 2. The van der Waals surface area contributed by atoms with Gasteiger partial charge in [0.15, 0.2) is 18.5 Å². The standard InChI is InChI=1S/C35H38N4O12S.ClH/c1-18(40)48-17-28-32(49-19(2)41)33(50-20(3)42)31(35(47-5)51-28)38-34(43)24-12-9-11-23-29(22-10-7-8-13-25(22)36-30(23)24)37-26-15-14-21(16-27(26)46-4)39-52(6,44)45;/h7-16,28,31-33,35,39H,17H2,1-6H3,(H,36,37)(H,38,43);1H/t28-,31-,32-,33-,35+;/m1./s1. The number of nitrogens with zero attached hydrogens (tertiary/aromatic N) is 1. The second-order valence-corrected chi connectivity index (χ2v) is 13.6. The number of para-hydroxylation sites is 2. The van der Waals surface area contributed by atoms with Gasteiger partial charge >= 0.3 is 17.9 Å². The van der Waals surface area contributed by atoms with Crippen molar-refractivity contribution in [2.45, 2.75) is 51.4 Å². The Hall–Kier alpha value is -5.23. The quantitative estimate of drug-likeness (QED) is 0.106. The molecule has 0 spiro atoms. The molecule has 0 saturated carbocycles. The molecule has 0 bridgehead atoms. The van der Waals surface area contributed by atoms with Crippen molar-refractivity contribution in [2.75, 3.05) is 37.1 Å². The Labute approximate surface area is 311 Å². The van der Waals surface area contributed by atoms with E-state index in [0.717, 1.165) is 20.1 Å². The van der Waals surface area contributed by atoms with E-state index in [0.29, 0.717) is 44.6 Å². The van der Waals surface area contributed by atoms with Crippen LogP contribution in [0.25, 0.3) is 21.8 Å². The first kappa shape index (κ1) is 40.5. The number of sulfonamides is 1. The van der Waals surface area contributed by atoms with Gasteiger partial charge in [0.1, 0.15) is 24.5 Å². The number of hydrogen-bond acceptors (Lipinski definition) is 14. The predicted molar refractivity (Wildman–Crippen MR) is 196 cm³/mol. The molecule has 1 amide bonds. The molecule has 0 unspecified atom stereocenters. The van der Waals surface area contributed by atoms with Crippen molar-refractivity contribution in [2.24, 2.45) is 0 Å². The summed E-state index contributed by atoms with van der Waals surface area (Å²) in [5.74, 6) is -2.41. The second-order valence-electron chi connectivity index (χ2n) is 11.8. The number of nitrogens with one attached hydrogen (secondary N) is 3. The van der Waals surface area contributed by atoms with E-state index in [9.17, 15) is 27.6 Å². The normalized spacial score (nSPS) is 19.7. The molecular formula is C35H39ClN4O12S. The lowest BCUT2D eigenvalue weighted by Gasteiger charge is -2.44. The molecule has 1 fully saturated rings. The lowest BCUT2D eigenvalue weighted by molar-refractivity contribution is -0.270. The monoisotopic (exact) mass is 774 g/mol. The number of anilines is 3. The molecule has 0 aliphatic carbocycles. The van der Waals surface area contributed by atoms with Crippen molar-refractivity contribution in [3.05, 3.63) is 66.2 Å². The van der Waals surface area contributed by atoms with Crippen LogP contribution in [0.1, 0.15) is 31.1 Å². The van der Waals surface area contributed by atoms with Gasteiger partial charge in [-0.05, 0) is 24.3 Å². The van der Waals surface area contributed by atoms with Gasteiger partial charge in [0, 0.05) is 44.7 Å². The number of carbonyl (C=O) groups is 4. The highest BCUT2D eigenvalue weighted by Crippen LogP contribution is 2.38. The largest absolute Gasteiger partial charge is 0.494 e. The molecule has 5 rings (SSSR count). The number of benzene rings is 3. The molecule has 1 aliphatic rings. The zero-order valence-electron chi connectivity index (χ0n) is 29.5. The fourth-order valence-corrected chi connectivity index (χ4v) is 6.48. The number of esters is 3. The minimum atomic E-state index is -3.54. The summed E-state index contributed by atoms with van der Waals surface area (Å²) in [7, 11) is -0.778. The van der Waals surface area contributed by atoms with E-state index in [1.54, 1.807) is 42.5 Å². The number of aromatic nitrogens is 1. The summed E-state index contributed by atoms with van der Waals surface area (Å²) in [6.07, 6.45) is -3.92. The maximum absolute atomic E-state index is 14.2. The molecule has 3 N–H and O–H groups in total. The van der Waals surface area contributed by atoms with Crippen molar-refractivity contribution >= 4 is 85.1 Å². The van der Waals surface area contributed by atoms with Gasteiger partial charge in [-0.2, -0.15) is 0 Å². The molecule has 53 heavy (non-hydrogen) atoms. The maximum Gasteiger partial charge on any atom is 0.303 e. The molecule has 3 aromatic carbocycles. The summed E-state index contributed by atoms with van der Waals surface area (Å²) in [6.45, 7) is 3.14. The van der Waals surface area contributed by atoms with E-state index in [-0.39, 0.29) is 24.6 Å². The lowest BCUT2D eigenvalue weighted by atomic mass is 9.95. The molecule has 5 atom stereocenters. The van der Waals surface area contributed by atoms with Crippen LogP contribution in [0.5, 0.6) is 5.75 Å². The molecular weight excluding hydrogens is 736 g/mol. The third kappa shape index (κ3) is 9.61. The van der Waals surface area contributed by atoms with Crippen LogP contribution in [-0.2, 0) is 48.1 Å². The fraction of sp³-hybridized carbons (Fsp3) is 0.343. The summed E-state index contributed by atoms with van der Waals surface area (Å²) in [5, 5.41) is 7.48. The van der Waals surface area contributed by atoms with Crippen LogP contribution in [0, 0.1) is 0 Å². The van der Waals surface area contributed by atoms with Crippen molar-refractivity contribution < 1.29 is 56.0 Å². The van der Waals surface area contributed by atoms with Crippen LogP contribution >= 0.6 is 12.4 Å². The summed E-state index contributed by atoms with van der Waals surface area (Å²) in [6, 6.07) is 15.8. The van der Waals surface area contributed by atoms with E-state index in [1.807, 2.05) is 12.1 Å². The maximum atomic E-state index is 14.2. The third-order valence-corrected chi connectivity index (χ3v) is 8.56. The van der Waals surface area contributed by atoms with Crippen LogP contribution in [0.4, 0.5) is 17.1 Å². The molecule has 284 valence electrons. The number of ether oxygens (including phenoxy) is 6. The van der Waals surface area contributed by atoms with Crippen LogP contribution in [0.2, 0.25) is 0 Å². The van der Waals surface area contributed by atoms with Crippen LogP contribution < -0.4 is 20.1 Å². The first-order valence-electron chi connectivity index (χ1n) is 15.9. The van der Waals surface area contributed by atoms with Gasteiger partial charge in [-0.25, -0.2) is 13.4 Å². The number of amides is 1. The first-order chi connectivity index (χ1) is 24.7. The van der Waals surface area contributed by atoms with E-state index in [2.05, 4.69) is 15.4 Å². The minimum Gasteiger partial charge on any atom is -0.494 e. The molecule has 1 saturated heterocycles. The average Bonchev–Trinajstić information content (AvgIpc) is 3.08.